The molecule has 0 atom stereocenters. The first-order valence-electron chi connectivity index (χ1n) is 5.50. The van der Waals surface area contributed by atoms with Crippen LogP contribution in [0, 0.1) is 0 Å². The summed E-state index contributed by atoms with van der Waals surface area (Å²) in [7, 11) is 0. The minimum absolute atomic E-state index is 0.296. The van der Waals surface area contributed by atoms with Crippen LogP contribution >= 0.6 is 23.2 Å². The minimum Gasteiger partial charge on any atom is -0.306 e. The Kier molecular flexibility index (Phi) is 4.55. The molecule has 1 amide bonds. The van der Waals surface area contributed by atoms with Crippen LogP contribution in [0.2, 0.25) is 10.0 Å². The van der Waals surface area contributed by atoms with Gasteiger partial charge in [-0.2, -0.15) is 0 Å². The van der Waals surface area contributed by atoms with Gasteiger partial charge in [-0.3, -0.25) is 4.79 Å². The van der Waals surface area contributed by atoms with Gasteiger partial charge in [-0.25, -0.2) is 4.98 Å². The van der Waals surface area contributed by atoms with Crippen molar-refractivity contribution in [2.24, 2.45) is 0 Å². The fourth-order valence-electron chi connectivity index (χ4n) is 1.38. The van der Waals surface area contributed by atoms with Crippen LogP contribution in [0.15, 0.2) is 48.7 Å². The van der Waals surface area contributed by atoms with Crippen molar-refractivity contribution in [3.05, 3.63) is 64.3 Å². The number of anilines is 1. The van der Waals surface area contributed by atoms with E-state index in [0.717, 1.165) is 5.56 Å². The minimum atomic E-state index is -0.296. The number of pyridine rings is 1. The topological polar surface area (TPSA) is 42.0 Å². The summed E-state index contributed by atoms with van der Waals surface area (Å²) < 4.78 is 0. The molecule has 0 saturated carbocycles. The molecule has 0 bridgehead atoms. The molecule has 0 aliphatic rings. The van der Waals surface area contributed by atoms with Gasteiger partial charge in [0.25, 0.3) is 0 Å². The van der Waals surface area contributed by atoms with E-state index in [-0.39, 0.29) is 5.91 Å². The lowest BCUT2D eigenvalue weighted by molar-refractivity contribution is -0.111. The number of hydrogen-bond acceptors (Lipinski definition) is 2. The molecular formula is C14H10Cl2N2O. The van der Waals surface area contributed by atoms with Crippen molar-refractivity contribution in [2.45, 2.75) is 0 Å². The Morgan fingerprint density at radius 3 is 2.58 bits per heavy atom. The summed E-state index contributed by atoms with van der Waals surface area (Å²) in [4.78, 5) is 15.7. The molecule has 3 nitrogen and oxygen atoms in total. The van der Waals surface area contributed by atoms with Gasteiger partial charge in [-0.15, -0.1) is 0 Å². The van der Waals surface area contributed by atoms with Crippen LogP contribution in [0.25, 0.3) is 6.08 Å². The van der Waals surface area contributed by atoms with Gasteiger partial charge in [0.05, 0.1) is 5.02 Å². The highest BCUT2D eigenvalue weighted by Gasteiger charge is 2.02. The molecule has 5 heteroatoms. The number of carbonyl (C=O) groups is 1. The third-order valence-corrected chi connectivity index (χ3v) is 2.85. The van der Waals surface area contributed by atoms with E-state index >= 15 is 0 Å². The lowest BCUT2D eigenvalue weighted by Crippen LogP contribution is -2.09. The number of hydrogen-bond donors (Lipinski definition) is 1. The zero-order valence-corrected chi connectivity index (χ0v) is 11.3. The number of aromatic nitrogens is 1. The second-order valence-corrected chi connectivity index (χ2v) is 4.55. The fraction of sp³-hybridized carbons (Fsp3) is 0. The molecular weight excluding hydrogens is 283 g/mol. The van der Waals surface area contributed by atoms with Crippen LogP contribution in [0.3, 0.4) is 0 Å². The maximum atomic E-state index is 11.7. The predicted octanol–water partition coefficient (Wildman–Crippen LogP) is 4.04. The Morgan fingerprint density at radius 1 is 1.16 bits per heavy atom. The van der Waals surface area contributed by atoms with Gasteiger partial charge in [0.2, 0.25) is 5.91 Å². The SMILES string of the molecule is O=C(/C=C/c1ccc(Cl)cc1)Nc1ncccc1Cl. The molecule has 0 spiro atoms. The molecule has 1 heterocycles. The number of carbonyl (C=O) groups excluding carboxylic acids is 1. The van der Waals surface area contributed by atoms with Gasteiger partial charge < -0.3 is 5.32 Å². The maximum absolute atomic E-state index is 11.7. The van der Waals surface area contributed by atoms with E-state index in [4.69, 9.17) is 23.2 Å². The Hall–Kier alpha value is -1.84. The highest BCUT2D eigenvalue weighted by atomic mass is 35.5. The summed E-state index contributed by atoms with van der Waals surface area (Å²) >= 11 is 11.7. The molecule has 0 aliphatic carbocycles. The predicted molar refractivity (Wildman–Crippen MR) is 78.4 cm³/mol. The van der Waals surface area contributed by atoms with Gasteiger partial charge in [0, 0.05) is 17.3 Å². The lowest BCUT2D eigenvalue weighted by atomic mass is 10.2. The van der Waals surface area contributed by atoms with E-state index in [1.165, 1.54) is 6.08 Å². The van der Waals surface area contributed by atoms with Crippen molar-refractivity contribution < 1.29 is 4.79 Å². The molecule has 2 rings (SSSR count). The lowest BCUT2D eigenvalue weighted by Gasteiger charge is -2.02. The van der Waals surface area contributed by atoms with Crippen LogP contribution in [0.4, 0.5) is 5.82 Å². The fourth-order valence-corrected chi connectivity index (χ4v) is 1.68. The van der Waals surface area contributed by atoms with E-state index in [2.05, 4.69) is 10.3 Å². The van der Waals surface area contributed by atoms with Gasteiger partial charge in [0.15, 0.2) is 5.82 Å². The first-order valence-corrected chi connectivity index (χ1v) is 6.26. The molecule has 19 heavy (non-hydrogen) atoms. The van der Waals surface area contributed by atoms with Crippen molar-refractivity contribution in [3.63, 3.8) is 0 Å². The second kappa shape index (κ2) is 6.36. The zero-order chi connectivity index (χ0) is 13.7. The Balaban J connectivity index is 2.02. The molecule has 0 unspecified atom stereocenters. The standard InChI is InChI=1S/C14H10Cl2N2O/c15-11-6-3-10(4-7-11)5-8-13(19)18-14-12(16)2-1-9-17-14/h1-9H,(H,17,18,19)/b8-5+. The van der Waals surface area contributed by atoms with Crippen molar-refractivity contribution in [2.75, 3.05) is 5.32 Å². The van der Waals surface area contributed by atoms with Gasteiger partial charge in [-0.1, -0.05) is 35.3 Å². The molecule has 1 aromatic heterocycles. The van der Waals surface area contributed by atoms with Crippen molar-refractivity contribution in [3.8, 4) is 0 Å². The number of nitrogens with one attached hydrogen (secondary N) is 1. The maximum Gasteiger partial charge on any atom is 0.249 e. The van der Waals surface area contributed by atoms with Crippen LogP contribution in [0.1, 0.15) is 5.56 Å². The van der Waals surface area contributed by atoms with Crippen molar-refractivity contribution in [1.82, 2.24) is 4.98 Å². The van der Waals surface area contributed by atoms with Crippen LogP contribution in [-0.4, -0.2) is 10.9 Å². The van der Waals surface area contributed by atoms with Gasteiger partial charge in [0.1, 0.15) is 0 Å². The molecule has 96 valence electrons. The smallest absolute Gasteiger partial charge is 0.249 e. The third kappa shape index (κ3) is 4.09. The first-order chi connectivity index (χ1) is 9.15. The number of benzene rings is 1. The van der Waals surface area contributed by atoms with Gasteiger partial charge in [-0.05, 0) is 35.9 Å². The quantitative estimate of drug-likeness (QED) is 0.868. The highest BCUT2D eigenvalue weighted by Crippen LogP contribution is 2.17. The average molecular weight is 293 g/mol. The molecule has 0 saturated heterocycles. The third-order valence-electron chi connectivity index (χ3n) is 2.30. The summed E-state index contributed by atoms with van der Waals surface area (Å²) in [5.74, 6) is 0.0467. The van der Waals surface area contributed by atoms with Crippen molar-refractivity contribution in [1.29, 1.82) is 0 Å². The monoisotopic (exact) mass is 292 g/mol. The molecule has 1 aromatic carbocycles. The molecule has 1 N–H and O–H groups in total. The molecule has 0 aliphatic heterocycles. The summed E-state index contributed by atoms with van der Waals surface area (Å²) in [6.07, 6.45) is 4.65. The largest absolute Gasteiger partial charge is 0.306 e. The number of halogens is 2. The van der Waals surface area contributed by atoms with Gasteiger partial charge >= 0.3 is 0 Å². The normalized spacial score (nSPS) is 10.6. The highest BCUT2D eigenvalue weighted by molar-refractivity contribution is 6.33. The summed E-state index contributed by atoms with van der Waals surface area (Å²) in [6, 6.07) is 10.5. The summed E-state index contributed by atoms with van der Waals surface area (Å²) in [6.45, 7) is 0. The van der Waals surface area contributed by atoms with Crippen LogP contribution in [0.5, 0.6) is 0 Å². The summed E-state index contributed by atoms with van der Waals surface area (Å²) in [5.41, 5.74) is 0.881. The Labute approximate surface area is 120 Å². The Bertz CT molecular complexity index is 609. The molecule has 0 radical (unpaired) electrons. The van der Waals surface area contributed by atoms with E-state index < -0.39 is 0 Å². The van der Waals surface area contributed by atoms with E-state index in [0.29, 0.717) is 15.9 Å². The Morgan fingerprint density at radius 2 is 1.89 bits per heavy atom. The summed E-state index contributed by atoms with van der Waals surface area (Å²) in [5, 5.41) is 3.65. The van der Waals surface area contributed by atoms with Crippen molar-refractivity contribution >= 4 is 41.0 Å². The number of rotatable bonds is 3. The zero-order valence-electron chi connectivity index (χ0n) is 9.81. The first kappa shape index (κ1) is 13.6. The van der Waals surface area contributed by atoms with E-state index in [1.54, 1.807) is 36.5 Å². The number of amides is 1. The van der Waals surface area contributed by atoms with E-state index in [1.807, 2.05) is 12.1 Å². The number of nitrogens with zero attached hydrogens (tertiary/aromatic N) is 1. The molecule has 2 aromatic rings. The average Bonchev–Trinajstić information content (AvgIpc) is 2.41. The van der Waals surface area contributed by atoms with E-state index in [9.17, 15) is 4.79 Å². The second-order valence-electron chi connectivity index (χ2n) is 3.71. The van der Waals surface area contributed by atoms with Crippen LogP contribution in [-0.2, 0) is 4.79 Å². The van der Waals surface area contributed by atoms with Crippen LogP contribution < -0.4 is 5.32 Å². The molecule has 0 fully saturated rings.